The van der Waals surface area contributed by atoms with Gasteiger partial charge >= 0.3 is 0 Å². The predicted molar refractivity (Wildman–Crippen MR) is 337 cm³/mol. The van der Waals surface area contributed by atoms with Crippen LogP contribution >= 0.6 is 0 Å². The Labute approximate surface area is 465 Å². The van der Waals surface area contributed by atoms with Crippen LogP contribution < -0.4 is 0 Å². The molecule has 17 rings (SSSR count). The smallest absolute Gasteiger partial charge is 0.238 e. The highest BCUT2D eigenvalue weighted by atomic mass is 15.2. The molecule has 81 heavy (non-hydrogen) atoms. The van der Waals surface area contributed by atoms with Crippen molar-refractivity contribution in [2.75, 3.05) is 0 Å². The Balaban J connectivity index is 0.950. The third-order valence-corrected chi connectivity index (χ3v) is 16.7. The fourth-order valence-corrected chi connectivity index (χ4v) is 13.0. The molecule has 0 saturated carbocycles. The number of fused-ring (bicyclic) bond motifs is 16. The highest BCUT2D eigenvalue weighted by Crippen LogP contribution is 2.44. The molecular formula is C75H46N6. The maximum atomic E-state index is 5.54. The molecule has 0 unspecified atom stereocenters. The lowest BCUT2D eigenvalue weighted by atomic mass is 9.92. The van der Waals surface area contributed by atoms with Gasteiger partial charge < -0.3 is 9.13 Å². The quantitative estimate of drug-likeness (QED) is 0.150. The molecule has 0 aliphatic carbocycles. The third kappa shape index (κ3) is 6.97. The zero-order valence-corrected chi connectivity index (χ0v) is 43.7. The van der Waals surface area contributed by atoms with E-state index in [-0.39, 0.29) is 0 Å². The largest absolute Gasteiger partial charge is 0.309 e. The molecule has 0 amide bonds. The van der Waals surface area contributed by atoms with Gasteiger partial charge in [-0.05, 0) is 109 Å². The molecule has 376 valence electrons. The molecule has 13 aromatic carbocycles. The van der Waals surface area contributed by atoms with Gasteiger partial charge in [-0.2, -0.15) is 9.97 Å². The van der Waals surface area contributed by atoms with E-state index in [1.54, 1.807) is 0 Å². The van der Waals surface area contributed by atoms with Gasteiger partial charge in [-0.3, -0.25) is 4.57 Å². The van der Waals surface area contributed by atoms with Crippen molar-refractivity contribution in [3.8, 4) is 62.4 Å². The summed E-state index contributed by atoms with van der Waals surface area (Å²) >= 11 is 0. The first kappa shape index (κ1) is 45.1. The van der Waals surface area contributed by atoms with Crippen LogP contribution in [0.5, 0.6) is 0 Å². The lowest BCUT2D eigenvalue weighted by Gasteiger charge is -2.15. The van der Waals surface area contributed by atoms with Gasteiger partial charge in [0.1, 0.15) is 0 Å². The molecule has 0 bridgehead atoms. The summed E-state index contributed by atoms with van der Waals surface area (Å²) in [5, 5.41) is 14.5. The molecule has 0 spiro atoms. The van der Waals surface area contributed by atoms with Crippen LogP contribution in [0.15, 0.2) is 279 Å². The van der Waals surface area contributed by atoms with E-state index < -0.39 is 0 Å². The standard InChI is InChI=1S/C75H46N6/c1-3-18-47(19-4-1)48-34-36-50(37-35-48)74-76-73(49-20-5-2-6-21-49)77-75(78-74)81-70-43-39-54(79-67-31-14-11-28-60(67)61-29-12-15-32-68(61)79)46-66(70)64-42-41-63-62-30-13-16-33-69(62)80(71(63)72(64)81)53-23-17-22-51(44-53)52-38-40-59-57-26-8-7-24-55(57)56-25-9-10-27-58(56)65(59)45-52/h1-46H. The average molecular weight is 1030 g/mol. The molecule has 6 nitrogen and oxygen atoms in total. The van der Waals surface area contributed by atoms with Crippen molar-refractivity contribution in [3.05, 3.63) is 279 Å². The minimum atomic E-state index is 0.532. The zero-order valence-electron chi connectivity index (χ0n) is 43.7. The number of hydrogen-bond donors (Lipinski definition) is 0. The Morgan fingerprint density at radius 2 is 0.593 bits per heavy atom. The van der Waals surface area contributed by atoms with E-state index in [1.807, 2.05) is 24.3 Å². The predicted octanol–water partition coefficient (Wildman–Crippen LogP) is 19.3. The van der Waals surface area contributed by atoms with Gasteiger partial charge in [0.25, 0.3) is 0 Å². The molecule has 6 heteroatoms. The first-order chi connectivity index (χ1) is 40.2. The number of para-hydroxylation sites is 3. The minimum Gasteiger partial charge on any atom is -0.309 e. The summed E-state index contributed by atoms with van der Waals surface area (Å²) in [5.74, 6) is 1.72. The lowest BCUT2D eigenvalue weighted by molar-refractivity contribution is 0.953. The number of benzene rings is 13. The Morgan fingerprint density at radius 3 is 1.22 bits per heavy atom. The monoisotopic (exact) mass is 1030 g/mol. The van der Waals surface area contributed by atoms with Gasteiger partial charge in [-0.25, -0.2) is 4.98 Å². The first-order valence-electron chi connectivity index (χ1n) is 27.6. The van der Waals surface area contributed by atoms with Crippen molar-refractivity contribution in [3.63, 3.8) is 0 Å². The molecule has 0 radical (unpaired) electrons. The van der Waals surface area contributed by atoms with Crippen LogP contribution in [0.1, 0.15) is 0 Å². The lowest BCUT2D eigenvalue weighted by Crippen LogP contribution is -2.07. The molecule has 4 aromatic heterocycles. The van der Waals surface area contributed by atoms with E-state index in [0.717, 1.165) is 99.4 Å². The highest BCUT2D eigenvalue weighted by molar-refractivity contribution is 6.26. The number of hydrogen-bond acceptors (Lipinski definition) is 3. The van der Waals surface area contributed by atoms with Crippen molar-refractivity contribution in [1.82, 2.24) is 28.7 Å². The second-order valence-electron chi connectivity index (χ2n) is 21.1. The maximum absolute atomic E-state index is 5.54. The van der Waals surface area contributed by atoms with E-state index in [4.69, 9.17) is 15.0 Å². The summed E-state index contributed by atoms with van der Waals surface area (Å²) in [7, 11) is 0. The number of nitrogens with zero attached hydrogens (tertiary/aromatic N) is 6. The van der Waals surface area contributed by atoms with Crippen LogP contribution in [0.2, 0.25) is 0 Å². The maximum Gasteiger partial charge on any atom is 0.238 e. The second-order valence-corrected chi connectivity index (χ2v) is 21.1. The van der Waals surface area contributed by atoms with E-state index >= 15 is 0 Å². The summed E-state index contributed by atoms with van der Waals surface area (Å²) in [5.41, 5.74) is 15.0. The third-order valence-electron chi connectivity index (χ3n) is 16.7. The zero-order chi connectivity index (χ0) is 53.1. The average Bonchev–Trinajstić information content (AvgIpc) is 3.97. The molecular weight excluding hydrogens is 985 g/mol. The summed E-state index contributed by atoms with van der Waals surface area (Å²) < 4.78 is 7.17. The molecule has 0 aliphatic rings. The van der Waals surface area contributed by atoms with Gasteiger partial charge in [0.05, 0.1) is 33.1 Å². The van der Waals surface area contributed by atoms with Crippen LogP contribution in [-0.2, 0) is 0 Å². The fourth-order valence-electron chi connectivity index (χ4n) is 13.0. The molecule has 17 aromatic rings. The molecule has 0 saturated heterocycles. The SMILES string of the molecule is c1ccc(-c2ccc(-c3nc(-c4ccccc4)nc(-n4c5ccc(-n6c7ccccc7c7ccccc76)cc5c5ccc6c7ccccc7n(-c7cccc(-c8ccc9c%10ccccc%10c%10ccccc%10c9c8)c7)c6c54)n3)cc2)cc1. The van der Waals surface area contributed by atoms with Gasteiger partial charge in [0.15, 0.2) is 11.6 Å². The number of rotatable bonds is 7. The van der Waals surface area contributed by atoms with Crippen LogP contribution in [0.25, 0.3) is 160 Å². The van der Waals surface area contributed by atoms with Crippen molar-refractivity contribution < 1.29 is 0 Å². The van der Waals surface area contributed by atoms with Crippen molar-refractivity contribution in [1.29, 1.82) is 0 Å². The topological polar surface area (TPSA) is 53.5 Å². The van der Waals surface area contributed by atoms with Gasteiger partial charge in [0.2, 0.25) is 5.95 Å². The number of aromatic nitrogens is 6. The molecule has 0 fully saturated rings. The normalized spacial score (nSPS) is 12.0. The molecule has 0 atom stereocenters. The molecule has 0 aliphatic heterocycles. The van der Waals surface area contributed by atoms with Gasteiger partial charge in [-0.1, -0.05) is 224 Å². The van der Waals surface area contributed by atoms with Crippen LogP contribution in [-0.4, -0.2) is 28.7 Å². The minimum absolute atomic E-state index is 0.532. The Kier molecular flexibility index (Phi) is 9.91. The van der Waals surface area contributed by atoms with E-state index in [9.17, 15) is 0 Å². The fraction of sp³-hybridized carbons (Fsp3) is 0. The van der Waals surface area contributed by atoms with E-state index in [0.29, 0.717) is 17.6 Å². The van der Waals surface area contributed by atoms with Crippen molar-refractivity contribution in [2.45, 2.75) is 0 Å². The van der Waals surface area contributed by atoms with Crippen LogP contribution in [0.4, 0.5) is 0 Å². The van der Waals surface area contributed by atoms with Crippen molar-refractivity contribution >= 4 is 97.7 Å². The highest BCUT2D eigenvalue weighted by Gasteiger charge is 2.25. The molecule has 4 heterocycles. The second kappa shape index (κ2) is 17.8. The van der Waals surface area contributed by atoms with Crippen molar-refractivity contribution in [2.24, 2.45) is 0 Å². The van der Waals surface area contributed by atoms with E-state index in [2.05, 4.69) is 268 Å². The summed E-state index contributed by atoms with van der Waals surface area (Å²) in [6.07, 6.45) is 0. The first-order valence-corrected chi connectivity index (χ1v) is 27.6. The van der Waals surface area contributed by atoms with Gasteiger partial charge in [-0.15, -0.1) is 0 Å². The molecule has 0 N–H and O–H groups in total. The summed E-state index contributed by atoms with van der Waals surface area (Å²) in [4.78, 5) is 16.3. The van der Waals surface area contributed by atoms with E-state index in [1.165, 1.54) is 43.1 Å². The Hall–Kier alpha value is -11.0. The summed E-state index contributed by atoms with van der Waals surface area (Å²) in [6.45, 7) is 0. The van der Waals surface area contributed by atoms with Crippen LogP contribution in [0.3, 0.4) is 0 Å². The summed E-state index contributed by atoms with van der Waals surface area (Å²) in [6, 6.07) is 101. The van der Waals surface area contributed by atoms with Gasteiger partial charge in [0, 0.05) is 54.8 Å². The Bertz CT molecular complexity index is 5310. The van der Waals surface area contributed by atoms with Crippen LogP contribution in [0, 0.1) is 0 Å². The Morgan fingerprint density at radius 1 is 0.198 bits per heavy atom.